The van der Waals surface area contributed by atoms with Crippen molar-refractivity contribution in [3.8, 4) is 12.1 Å². The summed E-state index contributed by atoms with van der Waals surface area (Å²) in [5.41, 5.74) is 5.76. The lowest BCUT2D eigenvalue weighted by Crippen LogP contribution is -1.96. The Morgan fingerprint density at radius 1 is 1.23 bits per heavy atom. The molecule has 0 unspecified atom stereocenters. The van der Waals surface area contributed by atoms with Gasteiger partial charge in [-0.1, -0.05) is 23.2 Å². The normalized spacial score (nSPS) is 8.92. The van der Waals surface area contributed by atoms with Crippen molar-refractivity contribution in [2.24, 2.45) is 0 Å². The van der Waals surface area contributed by atoms with Gasteiger partial charge in [0.25, 0.3) is 0 Å². The average molecular weight is 212 g/mol. The minimum atomic E-state index is 0.0470. The van der Waals surface area contributed by atoms with Crippen molar-refractivity contribution in [2.75, 3.05) is 5.73 Å². The van der Waals surface area contributed by atoms with Gasteiger partial charge in [0.2, 0.25) is 0 Å². The van der Waals surface area contributed by atoms with Gasteiger partial charge in [-0.15, -0.1) is 0 Å². The molecule has 1 rings (SSSR count). The van der Waals surface area contributed by atoms with Crippen LogP contribution in [0.3, 0.4) is 0 Å². The van der Waals surface area contributed by atoms with Crippen LogP contribution in [-0.2, 0) is 0 Å². The number of hydrogen-bond acceptors (Lipinski definition) is 3. The molecule has 5 heteroatoms. The van der Waals surface area contributed by atoms with E-state index >= 15 is 0 Å². The molecule has 64 valence electrons. The molecule has 1 aromatic carbocycles. The van der Waals surface area contributed by atoms with E-state index in [2.05, 4.69) is 0 Å². The smallest absolute Gasteiger partial charge is 0.103 e. The van der Waals surface area contributed by atoms with Crippen molar-refractivity contribution in [3.63, 3.8) is 0 Å². The lowest BCUT2D eigenvalue weighted by molar-refractivity contribution is 1.45. The van der Waals surface area contributed by atoms with Crippen LogP contribution in [0.1, 0.15) is 11.1 Å². The van der Waals surface area contributed by atoms with Crippen LogP contribution in [0.15, 0.2) is 6.07 Å². The number of anilines is 1. The predicted molar refractivity (Wildman–Crippen MR) is 50.3 cm³/mol. The minimum absolute atomic E-state index is 0.0470. The maximum absolute atomic E-state index is 8.66. The van der Waals surface area contributed by atoms with Crippen LogP contribution in [0.4, 0.5) is 5.69 Å². The van der Waals surface area contributed by atoms with Crippen LogP contribution in [0.25, 0.3) is 0 Å². The van der Waals surface area contributed by atoms with Crippen LogP contribution in [0.5, 0.6) is 0 Å². The third kappa shape index (κ3) is 1.53. The quantitative estimate of drug-likeness (QED) is 0.670. The Hall–Kier alpha value is -1.42. The molecule has 2 N–H and O–H groups in total. The number of halogens is 2. The van der Waals surface area contributed by atoms with E-state index < -0.39 is 0 Å². The third-order valence-electron chi connectivity index (χ3n) is 1.49. The Kier molecular flexibility index (Phi) is 2.63. The van der Waals surface area contributed by atoms with Crippen molar-refractivity contribution in [2.45, 2.75) is 0 Å². The van der Waals surface area contributed by atoms with Crippen molar-refractivity contribution in [1.82, 2.24) is 0 Å². The second-order valence-electron chi connectivity index (χ2n) is 2.23. The Balaban J connectivity index is 3.63. The first kappa shape index (κ1) is 9.67. The summed E-state index contributed by atoms with van der Waals surface area (Å²) in [7, 11) is 0. The summed E-state index contributed by atoms with van der Waals surface area (Å²) in [4.78, 5) is 0. The molecule has 0 saturated carbocycles. The van der Waals surface area contributed by atoms with Gasteiger partial charge in [0, 0.05) is 0 Å². The van der Waals surface area contributed by atoms with Crippen LogP contribution >= 0.6 is 23.2 Å². The highest BCUT2D eigenvalue weighted by Gasteiger charge is 2.12. The molecule has 0 saturated heterocycles. The first-order valence-corrected chi connectivity index (χ1v) is 3.95. The van der Waals surface area contributed by atoms with Gasteiger partial charge in [0.1, 0.15) is 12.1 Å². The monoisotopic (exact) mass is 211 g/mol. The molecule has 0 bridgehead atoms. The Bertz CT molecular complexity index is 440. The molecule has 0 aromatic heterocycles. The molecule has 0 fully saturated rings. The summed E-state index contributed by atoms with van der Waals surface area (Å²) < 4.78 is 0. The maximum atomic E-state index is 8.66. The molecule has 0 radical (unpaired) electrons. The van der Waals surface area contributed by atoms with Gasteiger partial charge in [-0.3, -0.25) is 0 Å². The minimum Gasteiger partial charge on any atom is -0.397 e. The number of hydrogen-bond donors (Lipinski definition) is 1. The van der Waals surface area contributed by atoms with E-state index in [-0.39, 0.29) is 26.9 Å². The molecular formula is C8H3Cl2N3. The fourth-order valence-corrected chi connectivity index (χ4v) is 1.24. The average Bonchev–Trinajstić information content (AvgIpc) is 2.12. The Morgan fingerprint density at radius 3 is 2.31 bits per heavy atom. The van der Waals surface area contributed by atoms with E-state index in [0.717, 1.165) is 0 Å². The largest absolute Gasteiger partial charge is 0.397 e. The number of benzene rings is 1. The summed E-state index contributed by atoms with van der Waals surface area (Å²) in [5, 5.41) is 17.5. The zero-order valence-corrected chi connectivity index (χ0v) is 7.82. The second-order valence-corrected chi connectivity index (χ2v) is 3.02. The standard InChI is InChI=1S/C8H3Cl2N3/c9-6-1-4(2-11)8(13)5(3-12)7(6)10/h1H,13H2. The van der Waals surface area contributed by atoms with Crippen LogP contribution in [0, 0.1) is 22.7 Å². The topological polar surface area (TPSA) is 73.6 Å². The highest BCUT2D eigenvalue weighted by Crippen LogP contribution is 2.31. The molecule has 0 spiro atoms. The SMILES string of the molecule is N#Cc1cc(Cl)c(Cl)c(C#N)c1N. The van der Waals surface area contributed by atoms with Gasteiger partial charge in [0.05, 0.1) is 26.9 Å². The first-order chi connectivity index (χ1) is 6.11. The van der Waals surface area contributed by atoms with Crippen molar-refractivity contribution in [3.05, 3.63) is 27.2 Å². The third-order valence-corrected chi connectivity index (χ3v) is 2.28. The van der Waals surface area contributed by atoms with Gasteiger partial charge in [-0.05, 0) is 6.07 Å². The van der Waals surface area contributed by atoms with E-state index in [0.29, 0.717) is 0 Å². The summed E-state index contributed by atoms with van der Waals surface area (Å²) >= 11 is 11.3. The van der Waals surface area contributed by atoms with E-state index in [1.807, 2.05) is 6.07 Å². The molecule has 0 amide bonds. The van der Waals surface area contributed by atoms with E-state index in [1.165, 1.54) is 6.07 Å². The lowest BCUT2D eigenvalue weighted by Gasteiger charge is -2.03. The Morgan fingerprint density at radius 2 is 1.85 bits per heavy atom. The highest BCUT2D eigenvalue weighted by atomic mass is 35.5. The zero-order valence-electron chi connectivity index (χ0n) is 6.31. The van der Waals surface area contributed by atoms with Crippen molar-refractivity contribution < 1.29 is 0 Å². The van der Waals surface area contributed by atoms with E-state index in [9.17, 15) is 0 Å². The summed E-state index contributed by atoms with van der Waals surface area (Å²) in [6.45, 7) is 0. The fourth-order valence-electron chi connectivity index (χ4n) is 0.842. The van der Waals surface area contributed by atoms with Crippen molar-refractivity contribution >= 4 is 28.9 Å². The zero-order chi connectivity index (χ0) is 10.0. The highest BCUT2D eigenvalue weighted by molar-refractivity contribution is 6.43. The van der Waals surface area contributed by atoms with E-state index in [1.54, 1.807) is 6.07 Å². The maximum Gasteiger partial charge on any atom is 0.103 e. The summed E-state index contributed by atoms with van der Waals surface area (Å²) in [5.74, 6) is 0. The summed E-state index contributed by atoms with van der Waals surface area (Å²) in [6.07, 6.45) is 0. The Labute approximate surface area is 84.9 Å². The molecular weight excluding hydrogens is 209 g/mol. The number of nitriles is 2. The first-order valence-electron chi connectivity index (χ1n) is 3.19. The van der Waals surface area contributed by atoms with Gasteiger partial charge in [0.15, 0.2) is 0 Å². The molecule has 0 heterocycles. The molecule has 0 aliphatic carbocycles. The van der Waals surface area contributed by atoms with Crippen molar-refractivity contribution in [1.29, 1.82) is 10.5 Å². The van der Waals surface area contributed by atoms with Gasteiger partial charge in [-0.2, -0.15) is 10.5 Å². The van der Waals surface area contributed by atoms with Gasteiger partial charge >= 0.3 is 0 Å². The fraction of sp³-hybridized carbons (Fsp3) is 0. The van der Waals surface area contributed by atoms with Gasteiger partial charge < -0.3 is 5.73 Å². The number of nitrogen functional groups attached to an aromatic ring is 1. The van der Waals surface area contributed by atoms with Crippen LogP contribution in [0.2, 0.25) is 10.0 Å². The van der Waals surface area contributed by atoms with Crippen LogP contribution in [-0.4, -0.2) is 0 Å². The molecule has 13 heavy (non-hydrogen) atoms. The number of nitrogens with two attached hydrogens (primary N) is 1. The number of nitrogens with zero attached hydrogens (tertiary/aromatic N) is 2. The molecule has 0 aliphatic rings. The molecule has 1 aromatic rings. The molecule has 3 nitrogen and oxygen atoms in total. The van der Waals surface area contributed by atoms with Gasteiger partial charge in [-0.25, -0.2) is 0 Å². The summed E-state index contributed by atoms with van der Waals surface area (Å²) in [6, 6.07) is 4.94. The predicted octanol–water partition coefficient (Wildman–Crippen LogP) is 2.32. The van der Waals surface area contributed by atoms with E-state index in [4.69, 9.17) is 39.5 Å². The molecule has 0 atom stereocenters. The number of rotatable bonds is 0. The van der Waals surface area contributed by atoms with Crippen LogP contribution < -0.4 is 5.73 Å². The lowest BCUT2D eigenvalue weighted by atomic mass is 10.1. The molecule has 0 aliphatic heterocycles. The second kappa shape index (κ2) is 3.53.